The highest BCUT2D eigenvalue weighted by Gasteiger charge is 2.43. The molecule has 1 saturated heterocycles. The Morgan fingerprint density at radius 3 is 2.29 bits per heavy atom. The van der Waals surface area contributed by atoms with E-state index in [1.165, 1.54) is 16.2 Å². The molecule has 0 spiro atoms. The van der Waals surface area contributed by atoms with E-state index in [2.05, 4.69) is 16.7 Å². The fourth-order valence-corrected chi connectivity index (χ4v) is 4.47. The number of rotatable bonds is 5. The van der Waals surface area contributed by atoms with Gasteiger partial charge in [0.1, 0.15) is 11.4 Å². The van der Waals surface area contributed by atoms with Crippen LogP contribution in [0.4, 0.5) is 5.69 Å². The summed E-state index contributed by atoms with van der Waals surface area (Å²) in [6.45, 7) is 6.40. The first-order valence-corrected chi connectivity index (χ1v) is 10.3. The molecule has 0 aliphatic carbocycles. The fraction of sp³-hybridized carbons (Fsp3) is 0.333. The second-order valence-corrected chi connectivity index (χ2v) is 7.71. The van der Waals surface area contributed by atoms with Crippen LogP contribution >= 0.6 is 11.3 Å². The van der Waals surface area contributed by atoms with Gasteiger partial charge in [-0.3, -0.25) is 9.59 Å². The number of ether oxygens (including phenoxy) is 1. The van der Waals surface area contributed by atoms with E-state index in [9.17, 15) is 9.59 Å². The lowest BCUT2D eigenvalue weighted by atomic mass is 10.1. The lowest BCUT2D eigenvalue weighted by Gasteiger charge is -2.35. The molecule has 0 N–H and O–H groups in total. The van der Waals surface area contributed by atoms with Crippen LogP contribution in [0, 0.1) is 0 Å². The lowest BCUT2D eigenvalue weighted by Crippen LogP contribution is -2.47. The van der Waals surface area contributed by atoms with Crippen molar-refractivity contribution < 1.29 is 14.3 Å². The SMILES string of the molecule is CCN1CCN(C2=C(c3cccs3)C(=O)N(c3ccc(OC)cc3)C2=O)CC1. The number of hydrogen-bond acceptors (Lipinski definition) is 6. The molecule has 0 radical (unpaired) electrons. The first kappa shape index (κ1) is 18.7. The number of anilines is 1. The zero-order valence-corrected chi connectivity index (χ0v) is 16.9. The van der Waals surface area contributed by atoms with Crippen molar-refractivity contribution in [2.45, 2.75) is 6.92 Å². The highest BCUT2D eigenvalue weighted by atomic mass is 32.1. The Morgan fingerprint density at radius 1 is 1.00 bits per heavy atom. The molecule has 0 unspecified atom stereocenters. The third-order valence-corrected chi connectivity index (χ3v) is 6.18. The van der Waals surface area contributed by atoms with Crippen LogP contribution in [-0.4, -0.2) is 61.4 Å². The molecular formula is C21H23N3O3S. The minimum Gasteiger partial charge on any atom is -0.497 e. The second kappa shape index (κ2) is 7.77. The Morgan fingerprint density at radius 2 is 1.71 bits per heavy atom. The Bertz CT molecular complexity index is 897. The van der Waals surface area contributed by atoms with Crippen molar-refractivity contribution in [2.24, 2.45) is 0 Å². The van der Waals surface area contributed by atoms with Crippen LogP contribution in [0.15, 0.2) is 47.5 Å². The summed E-state index contributed by atoms with van der Waals surface area (Å²) in [6.07, 6.45) is 0. The predicted octanol–water partition coefficient (Wildman–Crippen LogP) is 2.68. The number of carbonyl (C=O) groups excluding carboxylic acids is 2. The topological polar surface area (TPSA) is 53.1 Å². The van der Waals surface area contributed by atoms with Crippen LogP contribution in [0.1, 0.15) is 11.8 Å². The quantitative estimate of drug-likeness (QED) is 0.726. The van der Waals surface area contributed by atoms with Gasteiger partial charge in [-0.15, -0.1) is 11.3 Å². The van der Waals surface area contributed by atoms with Gasteiger partial charge in [0.25, 0.3) is 11.8 Å². The van der Waals surface area contributed by atoms with Gasteiger partial charge in [-0.1, -0.05) is 13.0 Å². The molecular weight excluding hydrogens is 374 g/mol. The average molecular weight is 398 g/mol. The normalized spacial score (nSPS) is 18.4. The number of hydrogen-bond donors (Lipinski definition) is 0. The molecule has 1 aromatic carbocycles. The van der Waals surface area contributed by atoms with Crippen molar-refractivity contribution in [1.29, 1.82) is 0 Å². The molecule has 0 saturated carbocycles. The van der Waals surface area contributed by atoms with Gasteiger partial charge in [-0.25, -0.2) is 4.90 Å². The summed E-state index contributed by atoms with van der Waals surface area (Å²) in [7, 11) is 1.59. The van der Waals surface area contributed by atoms with Crippen molar-refractivity contribution in [1.82, 2.24) is 9.80 Å². The zero-order chi connectivity index (χ0) is 19.7. The van der Waals surface area contributed by atoms with E-state index >= 15 is 0 Å². The Kier molecular flexibility index (Phi) is 5.19. The second-order valence-electron chi connectivity index (χ2n) is 6.77. The van der Waals surface area contributed by atoms with Gasteiger partial charge in [0.05, 0.1) is 18.4 Å². The highest BCUT2D eigenvalue weighted by Crippen LogP contribution is 2.37. The number of methoxy groups -OCH3 is 1. The van der Waals surface area contributed by atoms with Gasteiger partial charge in [-0.2, -0.15) is 0 Å². The van der Waals surface area contributed by atoms with Gasteiger partial charge in [0.15, 0.2) is 0 Å². The van der Waals surface area contributed by atoms with E-state index in [0.29, 0.717) is 22.7 Å². The number of imide groups is 1. The molecule has 4 rings (SSSR count). The fourth-order valence-electron chi connectivity index (χ4n) is 3.71. The number of amides is 2. The summed E-state index contributed by atoms with van der Waals surface area (Å²) < 4.78 is 5.19. The monoisotopic (exact) mass is 397 g/mol. The number of nitrogens with zero attached hydrogens (tertiary/aromatic N) is 3. The van der Waals surface area contributed by atoms with Crippen LogP contribution in [-0.2, 0) is 9.59 Å². The highest BCUT2D eigenvalue weighted by molar-refractivity contribution is 7.11. The summed E-state index contributed by atoms with van der Waals surface area (Å²) >= 11 is 1.49. The van der Waals surface area contributed by atoms with Crippen LogP contribution in [0.2, 0.25) is 0 Å². The van der Waals surface area contributed by atoms with Gasteiger partial charge in [0.2, 0.25) is 0 Å². The molecule has 2 aromatic rings. The Labute approximate surface area is 168 Å². The molecule has 2 aliphatic heterocycles. The summed E-state index contributed by atoms with van der Waals surface area (Å²) in [5.74, 6) is 0.180. The standard InChI is InChI=1S/C21H23N3O3S/c1-3-22-10-12-23(13-11-22)19-18(17-5-4-14-28-17)20(25)24(21(19)26)15-6-8-16(27-2)9-7-15/h4-9,14H,3,10-13H2,1-2H3. The first-order chi connectivity index (χ1) is 13.6. The molecule has 1 aromatic heterocycles. The minimum atomic E-state index is -0.259. The number of likely N-dealkylation sites (N-methyl/N-ethyl adjacent to an activating group) is 1. The summed E-state index contributed by atoms with van der Waals surface area (Å²) in [5, 5.41) is 1.93. The Balaban J connectivity index is 1.71. The van der Waals surface area contributed by atoms with Gasteiger partial charge < -0.3 is 14.5 Å². The van der Waals surface area contributed by atoms with E-state index in [1.807, 2.05) is 17.5 Å². The molecule has 0 atom stereocenters. The average Bonchev–Trinajstić information content (AvgIpc) is 3.34. The van der Waals surface area contributed by atoms with Crippen molar-refractivity contribution >= 4 is 34.4 Å². The van der Waals surface area contributed by atoms with Crippen LogP contribution in [0.25, 0.3) is 5.57 Å². The summed E-state index contributed by atoms with van der Waals surface area (Å²) in [6, 6.07) is 10.8. The third-order valence-electron chi connectivity index (χ3n) is 5.29. The maximum atomic E-state index is 13.4. The predicted molar refractivity (Wildman–Crippen MR) is 110 cm³/mol. The van der Waals surface area contributed by atoms with Crippen LogP contribution in [0.3, 0.4) is 0 Å². The largest absolute Gasteiger partial charge is 0.497 e. The van der Waals surface area contributed by atoms with Crippen molar-refractivity contribution in [3.8, 4) is 5.75 Å². The van der Waals surface area contributed by atoms with E-state index in [1.54, 1.807) is 31.4 Å². The van der Waals surface area contributed by atoms with E-state index < -0.39 is 0 Å². The smallest absolute Gasteiger partial charge is 0.282 e. The van der Waals surface area contributed by atoms with E-state index in [0.717, 1.165) is 37.6 Å². The maximum Gasteiger partial charge on any atom is 0.282 e. The summed E-state index contributed by atoms with van der Waals surface area (Å²) in [5.41, 5.74) is 1.60. The van der Waals surface area contributed by atoms with E-state index in [4.69, 9.17) is 4.74 Å². The Hall–Kier alpha value is -2.64. The van der Waals surface area contributed by atoms with Crippen molar-refractivity contribution in [3.05, 3.63) is 52.4 Å². The van der Waals surface area contributed by atoms with Gasteiger partial charge in [-0.05, 0) is 42.3 Å². The molecule has 6 nitrogen and oxygen atoms in total. The van der Waals surface area contributed by atoms with Crippen LogP contribution in [0.5, 0.6) is 5.75 Å². The molecule has 2 amide bonds. The first-order valence-electron chi connectivity index (χ1n) is 9.42. The van der Waals surface area contributed by atoms with Crippen LogP contribution < -0.4 is 9.64 Å². The number of piperazine rings is 1. The third kappa shape index (κ3) is 3.21. The zero-order valence-electron chi connectivity index (χ0n) is 16.1. The molecule has 7 heteroatoms. The van der Waals surface area contributed by atoms with Crippen molar-refractivity contribution in [2.75, 3.05) is 44.7 Å². The molecule has 0 bridgehead atoms. The number of carbonyl (C=O) groups is 2. The van der Waals surface area contributed by atoms with Crippen molar-refractivity contribution in [3.63, 3.8) is 0 Å². The maximum absolute atomic E-state index is 13.4. The molecule has 1 fully saturated rings. The lowest BCUT2D eigenvalue weighted by molar-refractivity contribution is -0.120. The van der Waals surface area contributed by atoms with E-state index in [-0.39, 0.29) is 11.8 Å². The minimum absolute atomic E-state index is 0.247. The molecule has 28 heavy (non-hydrogen) atoms. The van der Waals surface area contributed by atoms with Gasteiger partial charge in [0, 0.05) is 31.1 Å². The summed E-state index contributed by atoms with van der Waals surface area (Å²) in [4.78, 5) is 33.3. The number of benzene rings is 1. The van der Waals surface area contributed by atoms with Gasteiger partial charge >= 0.3 is 0 Å². The molecule has 2 aliphatic rings. The number of thiophene rings is 1. The molecule has 3 heterocycles. The molecule has 146 valence electrons.